The number of nitrogens with two attached hydrogens (primary N) is 1. The summed E-state index contributed by atoms with van der Waals surface area (Å²) in [7, 11) is 1.75. The van der Waals surface area contributed by atoms with E-state index in [1.165, 1.54) is 22.8 Å². The first-order valence-electron chi connectivity index (χ1n) is 6.53. The molecule has 1 aliphatic rings. The van der Waals surface area contributed by atoms with Crippen LogP contribution in [-0.2, 0) is 0 Å². The van der Waals surface area contributed by atoms with E-state index in [1.54, 1.807) is 7.11 Å². The van der Waals surface area contributed by atoms with Crippen molar-refractivity contribution < 1.29 is 4.74 Å². The molecule has 2 heteroatoms. The number of hydrogen-bond donors (Lipinski definition) is 1. The van der Waals surface area contributed by atoms with Gasteiger partial charge in [0.15, 0.2) is 0 Å². The number of rotatable bonds is 3. The lowest BCUT2D eigenvalue weighted by Gasteiger charge is -2.13. The lowest BCUT2D eigenvalue weighted by Crippen LogP contribution is -2.18. The molecule has 0 spiro atoms. The van der Waals surface area contributed by atoms with Gasteiger partial charge in [0.05, 0.1) is 7.11 Å². The predicted octanol–water partition coefficient (Wildman–Crippen LogP) is 3.30. The van der Waals surface area contributed by atoms with Gasteiger partial charge in [-0.25, -0.2) is 0 Å². The van der Waals surface area contributed by atoms with Crippen LogP contribution in [0.25, 0.3) is 10.8 Å². The second kappa shape index (κ2) is 4.29. The highest BCUT2D eigenvalue weighted by atomic mass is 16.5. The lowest BCUT2D eigenvalue weighted by atomic mass is 9.98. The molecular formula is C16H19NO. The molecule has 1 saturated carbocycles. The Bertz CT molecular complexity index is 576. The van der Waals surface area contributed by atoms with E-state index in [4.69, 9.17) is 10.5 Å². The Morgan fingerprint density at radius 2 is 2.00 bits per heavy atom. The van der Waals surface area contributed by atoms with Gasteiger partial charge in [0.1, 0.15) is 5.75 Å². The van der Waals surface area contributed by atoms with Gasteiger partial charge >= 0.3 is 0 Å². The Morgan fingerprint density at radius 3 is 2.67 bits per heavy atom. The van der Waals surface area contributed by atoms with Crippen LogP contribution in [0.4, 0.5) is 0 Å². The highest BCUT2D eigenvalue weighted by molar-refractivity contribution is 5.88. The third-order valence-corrected chi connectivity index (χ3v) is 4.04. The van der Waals surface area contributed by atoms with Gasteiger partial charge < -0.3 is 10.5 Å². The van der Waals surface area contributed by atoms with E-state index in [1.807, 2.05) is 0 Å². The normalized spacial score (nSPS) is 23.9. The van der Waals surface area contributed by atoms with Crippen molar-refractivity contribution >= 4 is 10.8 Å². The highest BCUT2D eigenvalue weighted by Crippen LogP contribution is 2.53. The maximum Gasteiger partial charge on any atom is 0.122 e. The summed E-state index contributed by atoms with van der Waals surface area (Å²) in [5.74, 6) is 2.16. The zero-order valence-corrected chi connectivity index (χ0v) is 10.9. The van der Waals surface area contributed by atoms with Gasteiger partial charge in [0.2, 0.25) is 0 Å². The third kappa shape index (κ3) is 1.77. The van der Waals surface area contributed by atoms with Crippen LogP contribution in [0.1, 0.15) is 24.8 Å². The van der Waals surface area contributed by atoms with Crippen LogP contribution in [0.3, 0.4) is 0 Å². The van der Waals surface area contributed by atoms with Crippen LogP contribution in [0.5, 0.6) is 5.75 Å². The summed E-state index contributed by atoms with van der Waals surface area (Å²) in [4.78, 5) is 0. The van der Waals surface area contributed by atoms with Crippen LogP contribution < -0.4 is 10.5 Å². The van der Waals surface area contributed by atoms with Crippen molar-refractivity contribution in [2.45, 2.75) is 25.3 Å². The van der Waals surface area contributed by atoms with Gasteiger partial charge in [0, 0.05) is 11.6 Å². The molecule has 0 saturated heterocycles. The molecule has 1 aliphatic carbocycles. The Kier molecular flexibility index (Phi) is 2.75. The molecule has 0 amide bonds. The van der Waals surface area contributed by atoms with Gasteiger partial charge in [0.25, 0.3) is 0 Å². The number of benzene rings is 2. The van der Waals surface area contributed by atoms with Gasteiger partial charge in [-0.15, -0.1) is 0 Å². The minimum atomic E-state index is 0.263. The van der Waals surface area contributed by atoms with Gasteiger partial charge in [-0.05, 0) is 42.0 Å². The van der Waals surface area contributed by atoms with Crippen molar-refractivity contribution in [2.75, 3.05) is 7.11 Å². The number of methoxy groups -OCH3 is 1. The van der Waals surface area contributed by atoms with Crippen LogP contribution in [0, 0.1) is 5.92 Å². The Balaban J connectivity index is 2.14. The maximum absolute atomic E-state index is 6.02. The molecule has 1 fully saturated rings. The smallest absolute Gasteiger partial charge is 0.122 e. The largest absolute Gasteiger partial charge is 0.496 e. The van der Waals surface area contributed by atoms with Crippen molar-refractivity contribution in [3.05, 3.63) is 42.0 Å². The Morgan fingerprint density at radius 1 is 1.22 bits per heavy atom. The van der Waals surface area contributed by atoms with Crippen LogP contribution >= 0.6 is 0 Å². The molecule has 18 heavy (non-hydrogen) atoms. The fraction of sp³-hybridized carbons (Fsp3) is 0.375. The molecule has 2 nitrogen and oxygen atoms in total. The summed E-state index contributed by atoms with van der Waals surface area (Å²) < 4.78 is 5.54. The van der Waals surface area contributed by atoms with E-state index in [-0.39, 0.29) is 6.04 Å². The molecule has 0 aliphatic heterocycles. The van der Waals surface area contributed by atoms with Crippen molar-refractivity contribution in [3.8, 4) is 5.75 Å². The molecule has 94 valence electrons. The molecule has 0 bridgehead atoms. The first-order valence-corrected chi connectivity index (χ1v) is 6.53. The molecule has 0 aromatic heterocycles. The molecule has 2 aromatic carbocycles. The van der Waals surface area contributed by atoms with E-state index in [0.717, 1.165) is 5.75 Å². The SMILES string of the molecule is COc1ccc2ccccc2c1[C@H]1C[C@H]1[C@@H](C)N. The van der Waals surface area contributed by atoms with Crippen molar-refractivity contribution in [1.29, 1.82) is 0 Å². The average molecular weight is 241 g/mol. The predicted molar refractivity (Wildman–Crippen MR) is 75.0 cm³/mol. The highest BCUT2D eigenvalue weighted by Gasteiger charge is 2.43. The first kappa shape index (κ1) is 11.5. The monoisotopic (exact) mass is 241 g/mol. The van der Waals surface area contributed by atoms with E-state index in [0.29, 0.717) is 11.8 Å². The van der Waals surface area contributed by atoms with Gasteiger partial charge in [-0.1, -0.05) is 30.3 Å². The second-order valence-electron chi connectivity index (χ2n) is 5.27. The molecule has 3 rings (SSSR count). The lowest BCUT2D eigenvalue weighted by molar-refractivity contribution is 0.409. The summed E-state index contributed by atoms with van der Waals surface area (Å²) in [5.41, 5.74) is 7.37. The van der Waals surface area contributed by atoms with Crippen molar-refractivity contribution in [1.82, 2.24) is 0 Å². The van der Waals surface area contributed by atoms with Crippen molar-refractivity contribution in [2.24, 2.45) is 11.7 Å². The fourth-order valence-electron chi connectivity index (χ4n) is 2.96. The number of hydrogen-bond acceptors (Lipinski definition) is 2. The fourth-order valence-corrected chi connectivity index (χ4v) is 2.96. The Labute approximate surface area is 108 Å². The Hall–Kier alpha value is -1.54. The first-order chi connectivity index (χ1) is 8.72. The van der Waals surface area contributed by atoms with E-state index in [2.05, 4.69) is 43.3 Å². The zero-order valence-electron chi connectivity index (χ0n) is 10.9. The third-order valence-electron chi connectivity index (χ3n) is 4.04. The standard InChI is InChI=1S/C16H19NO/c1-10(17)13-9-14(13)16-12-6-4-3-5-11(12)7-8-15(16)18-2/h3-8,10,13-14H,9,17H2,1-2H3/t10-,13+,14+/m1/s1. The van der Waals surface area contributed by atoms with Crippen molar-refractivity contribution in [3.63, 3.8) is 0 Å². The van der Waals surface area contributed by atoms with Crippen LogP contribution in [0.2, 0.25) is 0 Å². The topological polar surface area (TPSA) is 35.2 Å². The van der Waals surface area contributed by atoms with Gasteiger partial charge in [-0.3, -0.25) is 0 Å². The molecule has 3 atom stereocenters. The molecule has 2 N–H and O–H groups in total. The average Bonchev–Trinajstić information content (AvgIpc) is 3.17. The molecular weight excluding hydrogens is 222 g/mol. The van der Waals surface area contributed by atoms with Crippen LogP contribution in [0.15, 0.2) is 36.4 Å². The molecule has 0 radical (unpaired) electrons. The van der Waals surface area contributed by atoms with Crippen LogP contribution in [-0.4, -0.2) is 13.2 Å². The van der Waals surface area contributed by atoms with E-state index in [9.17, 15) is 0 Å². The number of ether oxygens (including phenoxy) is 1. The minimum absolute atomic E-state index is 0.263. The van der Waals surface area contributed by atoms with E-state index >= 15 is 0 Å². The molecule has 0 unspecified atom stereocenters. The minimum Gasteiger partial charge on any atom is -0.496 e. The van der Waals surface area contributed by atoms with E-state index < -0.39 is 0 Å². The summed E-state index contributed by atoms with van der Waals surface area (Å²) in [6, 6.07) is 13.0. The quantitative estimate of drug-likeness (QED) is 0.894. The molecule has 2 aromatic rings. The zero-order chi connectivity index (χ0) is 12.7. The second-order valence-corrected chi connectivity index (χ2v) is 5.27. The van der Waals surface area contributed by atoms with Gasteiger partial charge in [-0.2, -0.15) is 0 Å². The summed E-state index contributed by atoms with van der Waals surface area (Å²) in [6.45, 7) is 2.10. The summed E-state index contributed by atoms with van der Waals surface area (Å²) >= 11 is 0. The number of fused-ring (bicyclic) bond motifs is 1. The maximum atomic E-state index is 6.02. The molecule has 0 heterocycles. The summed E-state index contributed by atoms with van der Waals surface area (Å²) in [6.07, 6.45) is 1.18. The summed E-state index contributed by atoms with van der Waals surface area (Å²) in [5, 5.41) is 2.59.